The molecule has 1 unspecified atom stereocenters. The molecule has 2 heterocycles. The van der Waals surface area contributed by atoms with Gasteiger partial charge in [-0.15, -0.1) is 0 Å². The summed E-state index contributed by atoms with van der Waals surface area (Å²) in [4.78, 5) is 71.8. The fourth-order valence-electron chi connectivity index (χ4n) is 4.41. The fourth-order valence-corrected chi connectivity index (χ4v) is 4.41. The first-order chi connectivity index (χ1) is 18.1. The number of aliphatic hydroxyl groups excluding tert-OH is 2. The molecule has 0 aromatic carbocycles. The summed E-state index contributed by atoms with van der Waals surface area (Å²) in [6.07, 6.45) is -16.1. The lowest BCUT2D eigenvalue weighted by Crippen LogP contribution is -2.65. The van der Waals surface area contributed by atoms with E-state index in [2.05, 4.69) is 0 Å². The van der Waals surface area contributed by atoms with Gasteiger partial charge in [0, 0.05) is 40.5 Å². The van der Waals surface area contributed by atoms with E-state index in [0.29, 0.717) is 0 Å². The highest BCUT2D eigenvalue weighted by Crippen LogP contribution is 2.34. The van der Waals surface area contributed by atoms with Gasteiger partial charge in [-0.2, -0.15) is 0 Å². The molecule has 39 heavy (non-hydrogen) atoms. The molecule has 0 bridgehead atoms. The molecule has 15 nitrogen and oxygen atoms in total. The molecule has 0 aromatic heterocycles. The van der Waals surface area contributed by atoms with E-state index in [1.54, 1.807) is 0 Å². The minimum atomic E-state index is -1.69. The summed E-state index contributed by atoms with van der Waals surface area (Å²) in [5.74, 6) is -4.52. The molecule has 2 N–H and O–H groups in total. The Balaban J connectivity index is 2.56. The largest absolute Gasteiger partial charge is 0.456 e. The van der Waals surface area contributed by atoms with Crippen LogP contribution in [0.15, 0.2) is 0 Å². The molecule has 2 aliphatic heterocycles. The average Bonchev–Trinajstić information content (AvgIpc) is 2.76. The Kier molecular flexibility index (Phi) is 11.5. The molecule has 10 atom stereocenters. The third kappa shape index (κ3) is 9.03. The van der Waals surface area contributed by atoms with Crippen molar-refractivity contribution >= 4 is 35.4 Å². The Morgan fingerprint density at radius 3 is 1.77 bits per heavy atom. The first kappa shape index (κ1) is 32.2. The van der Waals surface area contributed by atoms with Crippen LogP contribution in [0.3, 0.4) is 0 Å². The molecule has 0 aliphatic carbocycles. The van der Waals surface area contributed by atoms with Gasteiger partial charge in [0.1, 0.15) is 24.1 Å². The zero-order chi connectivity index (χ0) is 29.6. The van der Waals surface area contributed by atoms with E-state index in [4.69, 9.17) is 33.2 Å². The van der Waals surface area contributed by atoms with Gasteiger partial charge in [-0.05, 0) is 13.8 Å². The third-order valence-electron chi connectivity index (χ3n) is 5.73. The van der Waals surface area contributed by atoms with Gasteiger partial charge >= 0.3 is 23.9 Å². The van der Waals surface area contributed by atoms with Crippen molar-refractivity contribution in [1.29, 1.82) is 0 Å². The van der Waals surface area contributed by atoms with E-state index in [-0.39, 0.29) is 6.42 Å². The number of hydrogen-bond acceptors (Lipinski definition) is 15. The topological polar surface area (TPSA) is 207 Å². The molecule has 2 fully saturated rings. The normalized spacial score (nSPS) is 33.3. The van der Waals surface area contributed by atoms with Crippen molar-refractivity contribution < 1.29 is 72.1 Å². The highest BCUT2D eigenvalue weighted by atomic mass is 16.7. The van der Waals surface area contributed by atoms with Crippen LogP contribution >= 0.6 is 0 Å². The number of ketones is 2. The molecule has 0 amide bonds. The lowest BCUT2D eigenvalue weighted by molar-refractivity contribution is -0.344. The fraction of sp³-hybridized carbons (Fsp3) is 0.750. The van der Waals surface area contributed by atoms with Crippen LogP contribution in [-0.4, -0.2) is 107 Å². The van der Waals surface area contributed by atoms with Gasteiger partial charge in [0.2, 0.25) is 0 Å². The molecular weight excluding hydrogens is 528 g/mol. The van der Waals surface area contributed by atoms with Crippen LogP contribution in [0.5, 0.6) is 0 Å². The quantitative estimate of drug-likeness (QED) is 0.238. The van der Waals surface area contributed by atoms with E-state index in [1.807, 2.05) is 0 Å². The number of hydrogen-bond donors (Lipinski definition) is 2. The molecule has 2 rings (SSSR count). The number of carbonyl (C=O) groups excluding carboxylic acids is 6. The standard InChI is InChI=1S/C24H34O15/c1-9(25)7-16-20(34-12(4)28)22(35-13(5)29)23(36-14(6)30)24(37-16)39-19-15(31)8-17(32)38-21(19)18(10(2)26)33-11(3)27/h15-24,31-32H,7-8H2,1-6H3/t15-,16-,17+,18?,19+,20+,21-,22+,23-,24+/m1/s1. The zero-order valence-electron chi connectivity index (χ0n) is 22.4. The van der Waals surface area contributed by atoms with Crippen molar-refractivity contribution in [1.82, 2.24) is 0 Å². The molecular formula is C24H34O15. The third-order valence-corrected chi connectivity index (χ3v) is 5.73. The Morgan fingerprint density at radius 2 is 1.28 bits per heavy atom. The Bertz CT molecular complexity index is 948. The lowest BCUT2D eigenvalue weighted by Gasteiger charge is -2.47. The Hall–Kier alpha value is -2.98. The van der Waals surface area contributed by atoms with Crippen LogP contribution in [0.1, 0.15) is 54.4 Å². The van der Waals surface area contributed by atoms with Gasteiger partial charge in [0.25, 0.3) is 0 Å². The van der Waals surface area contributed by atoms with Crippen molar-refractivity contribution in [2.24, 2.45) is 0 Å². The van der Waals surface area contributed by atoms with Crippen LogP contribution in [0.4, 0.5) is 0 Å². The van der Waals surface area contributed by atoms with Crippen molar-refractivity contribution in [3.63, 3.8) is 0 Å². The summed E-state index contributed by atoms with van der Waals surface area (Å²) in [5.41, 5.74) is 0. The highest BCUT2D eigenvalue weighted by Gasteiger charge is 2.55. The van der Waals surface area contributed by atoms with E-state index >= 15 is 0 Å². The summed E-state index contributed by atoms with van der Waals surface area (Å²) in [7, 11) is 0. The first-order valence-corrected chi connectivity index (χ1v) is 12.1. The predicted molar refractivity (Wildman–Crippen MR) is 123 cm³/mol. The van der Waals surface area contributed by atoms with Crippen LogP contribution in [-0.2, 0) is 61.9 Å². The van der Waals surface area contributed by atoms with Gasteiger partial charge in [-0.25, -0.2) is 0 Å². The maximum absolute atomic E-state index is 12.3. The predicted octanol–water partition coefficient (Wildman–Crippen LogP) is -1.14. The van der Waals surface area contributed by atoms with Crippen molar-refractivity contribution in [3.05, 3.63) is 0 Å². The second kappa shape index (κ2) is 13.9. The molecule has 2 saturated heterocycles. The summed E-state index contributed by atoms with van der Waals surface area (Å²) >= 11 is 0. The molecule has 15 heteroatoms. The van der Waals surface area contributed by atoms with Crippen LogP contribution in [0.25, 0.3) is 0 Å². The van der Waals surface area contributed by atoms with E-state index < -0.39 is 103 Å². The van der Waals surface area contributed by atoms with Gasteiger partial charge in [-0.3, -0.25) is 28.8 Å². The van der Waals surface area contributed by atoms with E-state index in [1.165, 1.54) is 6.92 Å². The second-order valence-corrected chi connectivity index (χ2v) is 9.27. The monoisotopic (exact) mass is 562 g/mol. The Morgan fingerprint density at radius 1 is 0.744 bits per heavy atom. The zero-order valence-corrected chi connectivity index (χ0v) is 22.4. The highest BCUT2D eigenvalue weighted by molar-refractivity contribution is 5.83. The minimum absolute atomic E-state index is 0.349. The van der Waals surface area contributed by atoms with Gasteiger partial charge < -0.3 is 43.4 Å². The number of carbonyl (C=O) groups is 6. The van der Waals surface area contributed by atoms with Gasteiger partial charge in [0.05, 0.1) is 6.10 Å². The number of Topliss-reactive ketones (excluding diaryl/α,β-unsaturated/α-hetero) is 2. The average molecular weight is 563 g/mol. The molecule has 0 aromatic rings. The smallest absolute Gasteiger partial charge is 0.303 e. The first-order valence-electron chi connectivity index (χ1n) is 12.1. The van der Waals surface area contributed by atoms with Crippen LogP contribution < -0.4 is 0 Å². The van der Waals surface area contributed by atoms with E-state index in [0.717, 1.165) is 34.6 Å². The van der Waals surface area contributed by atoms with Crippen LogP contribution in [0.2, 0.25) is 0 Å². The Labute approximate surface area is 223 Å². The van der Waals surface area contributed by atoms with Crippen molar-refractivity contribution in [2.75, 3.05) is 0 Å². The molecule has 0 spiro atoms. The molecule has 220 valence electrons. The van der Waals surface area contributed by atoms with Gasteiger partial charge in [0.15, 0.2) is 42.8 Å². The summed E-state index contributed by atoms with van der Waals surface area (Å²) in [6, 6.07) is 0. The number of rotatable bonds is 10. The lowest BCUT2D eigenvalue weighted by atomic mass is 9.93. The number of ether oxygens (including phenoxy) is 7. The van der Waals surface area contributed by atoms with Crippen LogP contribution in [0, 0.1) is 0 Å². The summed E-state index contributed by atoms with van der Waals surface area (Å²) in [6.45, 7) is 6.51. The summed E-state index contributed by atoms with van der Waals surface area (Å²) < 4.78 is 38.2. The van der Waals surface area contributed by atoms with E-state index in [9.17, 15) is 39.0 Å². The number of aliphatic hydroxyl groups is 2. The van der Waals surface area contributed by atoms with Gasteiger partial charge in [-0.1, -0.05) is 0 Å². The molecule has 0 saturated carbocycles. The maximum atomic E-state index is 12.3. The second-order valence-electron chi connectivity index (χ2n) is 9.27. The van der Waals surface area contributed by atoms with Crippen molar-refractivity contribution in [3.8, 4) is 0 Å². The molecule has 2 aliphatic rings. The summed E-state index contributed by atoms with van der Waals surface area (Å²) in [5, 5.41) is 20.9. The number of esters is 4. The minimum Gasteiger partial charge on any atom is -0.456 e. The maximum Gasteiger partial charge on any atom is 0.303 e. The van der Waals surface area contributed by atoms with Crippen molar-refractivity contribution in [2.45, 2.75) is 116 Å². The molecule has 0 radical (unpaired) electrons. The SMILES string of the molecule is CC(=O)C[C@H]1O[C@@H](O[C@H]2[C@H](O)C[C@@H](O)O[C@@H]2C(OC(C)=O)C(C)=O)[C@H](OC(C)=O)[C@@H](OC(C)=O)[C@H]1OC(C)=O.